The highest BCUT2D eigenvalue weighted by Crippen LogP contribution is 2.38. The predicted octanol–water partition coefficient (Wildman–Crippen LogP) is 6.36. The van der Waals surface area contributed by atoms with Gasteiger partial charge in [-0.15, -0.1) is 11.6 Å². The van der Waals surface area contributed by atoms with E-state index in [1.54, 1.807) is 0 Å². The number of hydrogen-bond acceptors (Lipinski definition) is 0. The Morgan fingerprint density at radius 3 is 2.00 bits per heavy atom. The van der Waals surface area contributed by atoms with Gasteiger partial charge < -0.3 is 0 Å². The van der Waals surface area contributed by atoms with Crippen molar-refractivity contribution in [1.82, 2.24) is 0 Å². The normalized spacial score (nSPS) is 14.1. The van der Waals surface area contributed by atoms with E-state index < -0.39 is 0 Å². The third-order valence-electron chi connectivity index (χ3n) is 3.96. The van der Waals surface area contributed by atoms with Gasteiger partial charge in [-0.2, -0.15) is 0 Å². The van der Waals surface area contributed by atoms with Gasteiger partial charge in [0, 0.05) is 5.92 Å². The molecule has 0 nitrogen and oxygen atoms in total. The highest BCUT2D eigenvalue weighted by Gasteiger charge is 2.21. The van der Waals surface area contributed by atoms with E-state index in [9.17, 15) is 0 Å². The van der Waals surface area contributed by atoms with Crippen LogP contribution in [0, 0.1) is 5.92 Å². The van der Waals surface area contributed by atoms with Crippen LogP contribution < -0.4 is 0 Å². The molecule has 0 aliphatic carbocycles. The molecule has 2 unspecified atom stereocenters. The van der Waals surface area contributed by atoms with Gasteiger partial charge >= 0.3 is 0 Å². The van der Waals surface area contributed by atoms with Crippen molar-refractivity contribution < 1.29 is 0 Å². The zero-order chi connectivity index (χ0) is 15.2. The molecule has 0 N–H and O–H groups in total. The summed E-state index contributed by atoms with van der Waals surface area (Å²) in [6, 6.07) is 19.4. The molecule has 0 radical (unpaired) electrons. The lowest BCUT2D eigenvalue weighted by atomic mass is 9.89. The molecule has 0 aromatic heterocycles. The monoisotopic (exact) mass is 300 g/mol. The Hall–Kier alpha value is -1.27. The minimum absolute atomic E-state index is 0.0329. The Balaban J connectivity index is 2.16. The van der Waals surface area contributed by atoms with Crippen LogP contribution in [0.15, 0.2) is 54.6 Å². The van der Waals surface area contributed by atoms with Gasteiger partial charge in [0.2, 0.25) is 0 Å². The summed E-state index contributed by atoms with van der Waals surface area (Å²) >= 11 is 6.76. The highest BCUT2D eigenvalue weighted by atomic mass is 35.5. The second-order valence-corrected chi connectivity index (χ2v) is 6.64. The first-order chi connectivity index (χ1) is 10.1. The molecule has 0 fully saturated rings. The number of rotatable bonds is 6. The van der Waals surface area contributed by atoms with E-state index in [-0.39, 0.29) is 5.38 Å². The molecule has 0 heterocycles. The molecule has 0 aliphatic rings. The second kappa shape index (κ2) is 7.66. The van der Waals surface area contributed by atoms with Crippen LogP contribution in [0.4, 0.5) is 0 Å². The Morgan fingerprint density at radius 2 is 1.48 bits per heavy atom. The summed E-state index contributed by atoms with van der Waals surface area (Å²) in [7, 11) is 0. The minimum atomic E-state index is 0.0329. The number of hydrogen-bond donors (Lipinski definition) is 0. The van der Waals surface area contributed by atoms with Gasteiger partial charge in [0.05, 0.1) is 5.38 Å². The average molecular weight is 301 g/mol. The third kappa shape index (κ3) is 4.35. The van der Waals surface area contributed by atoms with Crippen LogP contribution in [0.25, 0.3) is 0 Å². The van der Waals surface area contributed by atoms with Gasteiger partial charge in [-0.1, -0.05) is 75.4 Å². The van der Waals surface area contributed by atoms with Crippen LogP contribution in [0.3, 0.4) is 0 Å². The molecule has 0 saturated heterocycles. The smallest absolute Gasteiger partial charge is 0.0653 e. The van der Waals surface area contributed by atoms with Crippen molar-refractivity contribution in [3.8, 4) is 0 Å². The maximum absolute atomic E-state index is 6.76. The van der Waals surface area contributed by atoms with Gasteiger partial charge in [0.1, 0.15) is 0 Å². The van der Waals surface area contributed by atoms with E-state index in [4.69, 9.17) is 11.6 Å². The molecule has 0 spiro atoms. The summed E-state index contributed by atoms with van der Waals surface area (Å²) in [4.78, 5) is 0. The fourth-order valence-electron chi connectivity index (χ4n) is 2.85. The van der Waals surface area contributed by atoms with Gasteiger partial charge in [-0.25, -0.2) is 0 Å². The fourth-order valence-corrected chi connectivity index (χ4v) is 3.32. The van der Waals surface area contributed by atoms with Crippen LogP contribution >= 0.6 is 11.6 Å². The molecule has 0 saturated carbocycles. The van der Waals surface area contributed by atoms with Gasteiger partial charge in [0.25, 0.3) is 0 Å². The predicted molar refractivity (Wildman–Crippen MR) is 93.1 cm³/mol. The number of alkyl halides is 1. The lowest BCUT2D eigenvalue weighted by Crippen LogP contribution is -2.06. The van der Waals surface area contributed by atoms with E-state index in [1.165, 1.54) is 16.7 Å². The minimum Gasteiger partial charge on any atom is -0.117 e. The van der Waals surface area contributed by atoms with Crippen molar-refractivity contribution in [2.24, 2.45) is 5.92 Å². The lowest BCUT2D eigenvalue weighted by Gasteiger charge is -2.22. The fraction of sp³-hybridized carbons (Fsp3) is 0.400. The molecule has 2 aromatic rings. The van der Waals surface area contributed by atoms with E-state index in [0.29, 0.717) is 11.8 Å². The van der Waals surface area contributed by atoms with Crippen molar-refractivity contribution in [1.29, 1.82) is 0 Å². The van der Waals surface area contributed by atoms with E-state index >= 15 is 0 Å². The first-order valence-electron chi connectivity index (χ1n) is 7.89. The molecule has 112 valence electrons. The average Bonchev–Trinajstić information content (AvgIpc) is 2.49. The van der Waals surface area contributed by atoms with Crippen molar-refractivity contribution in [3.63, 3.8) is 0 Å². The van der Waals surface area contributed by atoms with E-state index in [1.807, 2.05) is 0 Å². The molecule has 2 rings (SSSR count). The Labute approximate surface area is 134 Å². The van der Waals surface area contributed by atoms with Crippen LogP contribution in [-0.2, 0) is 6.42 Å². The van der Waals surface area contributed by atoms with Crippen LogP contribution in [0.2, 0.25) is 0 Å². The SMILES string of the molecule is CCC(c1ccccc1)C(Cl)c1ccc(CC(C)C)cc1. The quantitative estimate of drug-likeness (QED) is 0.545. The molecule has 0 bridgehead atoms. The molecule has 2 aromatic carbocycles. The van der Waals surface area contributed by atoms with E-state index in [2.05, 4.69) is 75.4 Å². The largest absolute Gasteiger partial charge is 0.117 e. The van der Waals surface area contributed by atoms with Crippen LogP contribution in [0.5, 0.6) is 0 Å². The first-order valence-corrected chi connectivity index (χ1v) is 8.33. The second-order valence-electron chi connectivity index (χ2n) is 6.17. The van der Waals surface area contributed by atoms with Crippen LogP contribution in [0.1, 0.15) is 55.2 Å². The summed E-state index contributed by atoms with van der Waals surface area (Å²) in [5.74, 6) is 1.05. The molecular weight excluding hydrogens is 276 g/mol. The summed E-state index contributed by atoms with van der Waals surface area (Å²) in [6.07, 6.45) is 2.18. The molecule has 0 aliphatic heterocycles. The molecule has 21 heavy (non-hydrogen) atoms. The molecule has 0 amide bonds. The van der Waals surface area contributed by atoms with Crippen molar-refractivity contribution >= 4 is 11.6 Å². The highest BCUT2D eigenvalue weighted by molar-refractivity contribution is 6.21. The lowest BCUT2D eigenvalue weighted by molar-refractivity contribution is 0.636. The first kappa shape index (κ1) is 16.1. The Morgan fingerprint density at radius 1 is 0.857 bits per heavy atom. The summed E-state index contributed by atoms with van der Waals surface area (Å²) in [6.45, 7) is 6.71. The summed E-state index contributed by atoms with van der Waals surface area (Å²) in [5.41, 5.74) is 3.94. The topological polar surface area (TPSA) is 0 Å². The van der Waals surface area contributed by atoms with Crippen molar-refractivity contribution in [2.45, 2.75) is 44.9 Å². The molecular formula is C20H25Cl. The van der Waals surface area contributed by atoms with Crippen molar-refractivity contribution in [3.05, 3.63) is 71.3 Å². The number of halogens is 1. The molecule has 2 atom stereocenters. The van der Waals surface area contributed by atoms with E-state index in [0.717, 1.165) is 12.8 Å². The molecule has 1 heteroatoms. The maximum atomic E-state index is 6.76. The third-order valence-corrected chi connectivity index (χ3v) is 4.52. The van der Waals surface area contributed by atoms with Gasteiger partial charge in [-0.05, 0) is 35.4 Å². The standard InChI is InChI=1S/C20H25Cl/c1-4-19(17-8-6-5-7-9-17)20(21)18-12-10-16(11-13-18)14-15(2)3/h5-13,15,19-20H,4,14H2,1-3H3. The van der Waals surface area contributed by atoms with Crippen molar-refractivity contribution in [2.75, 3.05) is 0 Å². The zero-order valence-corrected chi connectivity index (χ0v) is 14.0. The Kier molecular flexibility index (Phi) is 5.87. The number of benzene rings is 2. The summed E-state index contributed by atoms with van der Waals surface area (Å²) in [5, 5.41) is 0.0329. The maximum Gasteiger partial charge on any atom is 0.0653 e. The summed E-state index contributed by atoms with van der Waals surface area (Å²) < 4.78 is 0. The zero-order valence-electron chi connectivity index (χ0n) is 13.2. The Bertz CT molecular complexity index is 528. The van der Waals surface area contributed by atoms with Gasteiger partial charge in [0.15, 0.2) is 0 Å². The van der Waals surface area contributed by atoms with Gasteiger partial charge in [-0.3, -0.25) is 0 Å². The van der Waals surface area contributed by atoms with Crippen LogP contribution in [-0.4, -0.2) is 0 Å².